The van der Waals surface area contributed by atoms with E-state index in [-0.39, 0.29) is 11.6 Å². The number of halogens is 2. The minimum atomic E-state index is -0.0860. The van der Waals surface area contributed by atoms with Gasteiger partial charge in [-0.2, -0.15) is 0 Å². The summed E-state index contributed by atoms with van der Waals surface area (Å²) in [7, 11) is 0. The van der Waals surface area contributed by atoms with Crippen molar-refractivity contribution in [3.63, 3.8) is 0 Å². The summed E-state index contributed by atoms with van der Waals surface area (Å²) in [6.45, 7) is 5.93. The molecule has 4 rings (SSSR count). The molecule has 2 aromatic rings. The standard InChI is InChI=1S/C24H33Cl2N5O/c1-24(2)11-14(7-8-32-24)12-30-21-10-17(15-3-5-16(27)6-4-15)22(26)23(31-21)18-9-20(28)29-13-19(18)25/h9-10,13-16H,3-8,11-12,27H2,1-2H3,(H2,28,29)(H,30,31). The average Bonchev–Trinajstić information content (AvgIpc) is 2.75. The van der Waals surface area contributed by atoms with Gasteiger partial charge in [-0.1, -0.05) is 23.2 Å². The lowest BCUT2D eigenvalue weighted by Crippen LogP contribution is -2.36. The van der Waals surface area contributed by atoms with Gasteiger partial charge >= 0.3 is 0 Å². The topological polar surface area (TPSA) is 99.1 Å². The van der Waals surface area contributed by atoms with Crippen LogP contribution >= 0.6 is 23.2 Å². The third kappa shape index (κ3) is 5.48. The summed E-state index contributed by atoms with van der Waals surface area (Å²) in [4.78, 5) is 8.95. The van der Waals surface area contributed by atoms with Gasteiger partial charge < -0.3 is 21.5 Å². The van der Waals surface area contributed by atoms with E-state index in [2.05, 4.69) is 30.2 Å². The number of nitrogens with one attached hydrogen (secondary N) is 1. The second-order valence-electron chi connectivity index (χ2n) is 9.81. The van der Waals surface area contributed by atoms with E-state index < -0.39 is 0 Å². The number of nitrogens with zero attached hydrogens (tertiary/aromatic N) is 2. The van der Waals surface area contributed by atoms with Gasteiger partial charge in [0.25, 0.3) is 0 Å². The number of nitrogen functional groups attached to an aromatic ring is 1. The quantitative estimate of drug-likeness (QED) is 0.515. The molecule has 2 aliphatic rings. The summed E-state index contributed by atoms with van der Waals surface area (Å²) in [5.74, 6) is 2.07. The van der Waals surface area contributed by atoms with Crippen LogP contribution in [0.2, 0.25) is 10.0 Å². The maximum Gasteiger partial charge on any atom is 0.127 e. The summed E-state index contributed by atoms with van der Waals surface area (Å²) in [6.07, 6.45) is 7.64. The van der Waals surface area contributed by atoms with Crippen molar-refractivity contribution < 1.29 is 4.74 Å². The molecule has 3 heterocycles. The van der Waals surface area contributed by atoms with Crippen LogP contribution in [0.15, 0.2) is 18.3 Å². The van der Waals surface area contributed by atoms with Gasteiger partial charge in [0.15, 0.2) is 0 Å². The van der Waals surface area contributed by atoms with Gasteiger partial charge in [-0.15, -0.1) is 0 Å². The molecular weight excluding hydrogens is 445 g/mol. The van der Waals surface area contributed by atoms with Crippen LogP contribution in [-0.2, 0) is 4.74 Å². The van der Waals surface area contributed by atoms with Crippen LogP contribution in [0.5, 0.6) is 0 Å². The minimum Gasteiger partial charge on any atom is -0.384 e. The lowest BCUT2D eigenvalue weighted by atomic mass is 9.82. The maximum atomic E-state index is 6.94. The van der Waals surface area contributed by atoms with E-state index in [0.717, 1.165) is 63.1 Å². The van der Waals surface area contributed by atoms with E-state index in [1.807, 2.05) is 0 Å². The van der Waals surface area contributed by atoms with Gasteiger partial charge in [-0.05, 0) is 81.9 Å². The number of aromatic nitrogens is 2. The van der Waals surface area contributed by atoms with E-state index in [9.17, 15) is 0 Å². The summed E-state index contributed by atoms with van der Waals surface area (Å²) in [6, 6.07) is 4.12. The number of hydrogen-bond donors (Lipinski definition) is 3. The van der Waals surface area contributed by atoms with Gasteiger partial charge in [0.05, 0.1) is 21.3 Å². The molecule has 1 unspecified atom stereocenters. The molecule has 1 aliphatic carbocycles. The Morgan fingerprint density at radius 3 is 2.62 bits per heavy atom. The number of ether oxygens (including phenoxy) is 1. The zero-order valence-electron chi connectivity index (χ0n) is 18.8. The number of rotatable bonds is 5. The van der Waals surface area contributed by atoms with Gasteiger partial charge in [0, 0.05) is 31.0 Å². The second-order valence-corrected chi connectivity index (χ2v) is 10.6. The Balaban J connectivity index is 1.66. The third-order valence-corrected chi connectivity index (χ3v) is 7.40. The molecular formula is C24H33Cl2N5O. The molecule has 5 N–H and O–H groups in total. The zero-order valence-corrected chi connectivity index (χ0v) is 20.3. The molecule has 2 aromatic heterocycles. The molecule has 0 bridgehead atoms. The van der Waals surface area contributed by atoms with Crippen molar-refractivity contribution in [2.24, 2.45) is 11.7 Å². The maximum absolute atomic E-state index is 6.94. The summed E-state index contributed by atoms with van der Waals surface area (Å²) in [5, 5.41) is 4.69. The first-order chi connectivity index (χ1) is 15.2. The van der Waals surface area contributed by atoms with Crippen molar-refractivity contribution in [1.82, 2.24) is 9.97 Å². The fourth-order valence-electron chi connectivity index (χ4n) is 4.96. The molecule has 8 heteroatoms. The van der Waals surface area contributed by atoms with Crippen LogP contribution in [0.25, 0.3) is 11.3 Å². The molecule has 32 heavy (non-hydrogen) atoms. The molecule has 174 valence electrons. The molecule has 1 saturated carbocycles. The van der Waals surface area contributed by atoms with Crippen LogP contribution in [0.1, 0.15) is 63.9 Å². The highest BCUT2D eigenvalue weighted by atomic mass is 35.5. The zero-order chi connectivity index (χ0) is 22.9. The van der Waals surface area contributed by atoms with Crippen molar-refractivity contribution in [3.8, 4) is 11.3 Å². The van der Waals surface area contributed by atoms with Crippen molar-refractivity contribution in [1.29, 1.82) is 0 Å². The SMILES string of the molecule is CC1(C)CC(CNc2cc(C3CCC(N)CC3)c(Cl)c(-c3cc(N)ncc3Cl)n2)CCO1. The minimum absolute atomic E-state index is 0.0860. The molecule has 0 aromatic carbocycles. The fraction of sp³-hybridized carbons (Fsp3) is 0.583. The van der Waals surface area contributed by atoms with E-state index in [0.29, 0.717) is 39.0 Å². The first kappa shape index (κ1) is 23.6. The molecule has 1 aliphatic heterocycles. The molecule has 0 amide bonds. The van der Waals surface area contributed by atoms with Crippen LogP contribution in [-0.4, -0.2) is 34.8 Å². The monoisotopic (exact) mass is 477 g/mol. The highest BCUT2D eigenvalue weighted by molar-refractivity contribution is 6.36. The smallest absolute Gasteiger partial charge is 0.127 e. The van der Waals surface area contributed by atoms with E-state index in [1.54, 1.807) is 12.3 Å². The predicted octanol–water partition coefficient (Wildman–Crippen LogP) is 5.63. The number of hydrogen-bond acceptors (Lipinski definition) is 6. The second kappa shape index (κ2) is 9.72. The van der Waals surface area contributed by atoms with Crippen LogP contribution in [0, 0.1) is 5.92 Å². The molecule has 1 saturated heterocycles. The van der Waals surface area contributed by atoms with Crippen LogP contribution < -0.4 is 16.8 Å². The lowest BCUT2D eigenvalue weighted by molar-refractivity contribution is -0.0699. The van der Waals surface area contributed by atoms with Crippen LogP contribution in [0.3, 0.4) is 0 Å². The number of anilines is 2. The Morgan fingerprint density at radius 2 is 1.91 bits per heavy atom. The Hall–Kier alpha value is -1.60. The van der Waals surface area contributed by atoms with E-state index >= 15 is 0 Å². The first-order valence-corrected chi connectivity index (χ1v) is 12.2. The first-order valence-electron chi connectivity index (χ1n) is 11.5. The van der Waals surface area contributed by atoms with Crippen molar-refractivity contribution in [2.75, 3.05) is 24.2 Å². The highest BCUT2D eigenvalue weighted by Crippen LogP contribution is 2.42. The Labute approximate surface area is 200 Å². The normalized spacial score (nSPS) is 25.5. The molecule has 2 fully saturated rings. The molecule has 6 nitrogen and oxygen atoms in total. The van der Waals surface area contributed by atoms with Gasteiger partial charge in [-0.25, -0.2) is 9.97 Å². The van der Waals surface area contributed by atoms with E-state index in [1.165, 1.54) is 0 Å². The van der Waals surface area contributed by atoms with Gasteiger partial charge in [-0.3, -0.25) is 0 Å². The Morgan fingerprint density at radius 1 is 1.16 bits per heavy atom. The average molecular weight is 478 g/mol. The van der Waals surface area contributed by atoms with E-state index in [4.69, 9.17) is 44.4 Å². The van der Waals surface area contributed by atoms with Crippen molar-refractivity contribution in [2.45, 2.75) is 69.9 Å². The van der Waals surface area contributed by atoms with Crippen molar-refractivity contribution in [3.05, 3.63) is 33.9 Å². The Bertz CT molecular complexity index is 960. The summed E-state index contributed by atoms with van der Waals surface area (Å²) in [5.41, 5.74) is 14.5. The predicted molar refractivity (Wildman–Crippen MR) is 132 cm³/mol. The molecule has 1 atom stereocenters. The van der Waals surface area contributed by atoms with Gasteiger partial charge in [0.1, 0.15) is 11.6 Å². The third-order valence-electron chi connectivity index (χ3n) is 6.70. The summed E-state index contributed by atoms with van der Waals surface area (Å²) < 4.78 is 5.87. The number of nitrogens with two attached hydrogens (primary N) is 2. The summed E-state index contributed by atoms with van der Waals surface area (Å²) >= 11 is 13.4. The largest absolute Gasteiger partial charge is 0.384 e. The number of pyridine rings is 2. The fourth-order valence-corrected chi connectivity index (χ4v) is 5.51. The van der Waals surface area contributed by atoms with Crippen LogP contribution in [0.4, 0.5) is 11.6 Å². The van der Waals surface area contributed by atoms with Gasteiger partial charge in [0.2, 0.25) is 0 Å². The van der Waals surface area contributed by atoms with Crippen molar-refractivity contribution >= 4 is 34.8 Å². The highest BCUT2D eigenvalue weighted by Gasteiger charge is 2.29. The molecule has 0 radical (unpaired) electrons. The molecule has 0 spiro atoms. The Kier molecular flexibility index (Phi) is 7.15. The lowest BCUT2D eigenvalue weighted by Gasteiger charge is -2.35.